The Kier molecular flexibility index (Phi) is 2.96. The van der Waals surface area contributed by atoms with Crippen LogP contribution in [0.3, 0.4) is 0 Å². The maximum absolute atomic E-state index is 12.0. The minimum absolute atomic E-state index is 0.0799. The van der Waals surface area contributed by atoms with E-state index in [9.17, 15) is 8.42 Å². The van der Waals surface area contributed by atoms with Gasteiger partial charge >= 0.3 is 0 Å². The van der Waals surface area contributed by atoms with Crippen LogP contribution >= 0.6 is 0 Å². The van der Waals surface area contributed by atoms with Gasteiger partial charge in [-0.2, -0.15) is 8.42 Å². The van der Waals surface area contributed by atoms with E-state index < -0.39 is 10.0 Å². The predicted octanol–water partition coefficient (Wildman–Crippen LogP) is 0.912. The van der Waals surface area contributed by atoms with Crippen molar-refractivity contribution in [1.29, 1.82) is 0 Å². The summed E-state index contributed by atoms with van der Waals surface area (Å²) < 4.78 is 30.8. The number of nitrogens with zero attached hydrogens (tertiary/aromatic N) is 2. The van der Waals surface area contributed by atoms with Crippen LogP contribution in [0.25, 0.3) is 0 Å². The zero-order valence-electron chi connectivity index (χ0n) is 8.91. The van der Waals surface area contributed by atoms with Gasteiger partial charge in [0, 0.05) is 13.2 Å². The molecule has 2 rings (SSSR count). The monoisotopic (exact) mass is 254 g/mol. The number of hydrogen-bond donors (Lipinski definition) is 2. The topological polar surface area (TPSA) is 97.1 Å². The number of hydrogen-bond acceptors (Lipinski definition) is 6. The molecular formula is C9H10N4O3S. The quantitative estimate of drug-likeness (QED) is 0.841. The lowest BCUT2D eigenvalue weighted by Gasteiger charge is -2.08. The maximum atomic E-state index is 12.0. The van der Waals surface area contributed by atoms with Gasteiger partial charge in [0.2, 0.25) is 0 Å². The molecule has 2 aromatic heterocycles. The molecule has 0 radical (unpaired) electrons. The van der Waals surface area contributed by atoms with E-state index in [4.69, 9.17) is 0 Å². The van der Waals surface area contributed by atoms with Gasteiger partial charge in [-0.3, -0.25) is 4.72 Å². The lowest BCUT2D eigenvalue weighted by atomic mass is 10.4. The lowest BCUT2D eigenvalue weighted by molar-refractivity contribution is 0.420. The minimum atomic E-state index is -3.75. The number of sulfonamides is 1. The first-order valence-electron chi connectivity index (χ1n) is 4.68. The van der Waals surface area contributed by atoms with Crippen LogP contribution in [0.4, 0.5) is 11.4 Å². The SMILES string of the molecule is CNc1cccnc1S(=O)(=O)Nc1cnoc1. The highest BCUT2D eigenvalue weighted by Gasteiger charge is 2.20. The fourth-order valence-electron chi connectivity index (χ4n) is 1.25. The Morgan fingerprint density at radius 1 is 1.41 bits per heavy atom. The largest absolute Gasteiger partial charge is 0.386 e. The van der Waals surface area contributed by atoms with Gasteiger partial charge < -0.3 is 9.84 Å². The number of nitrogens with one attached hydrogen (secondary N) is 2. The first-order chi connectivity index (χ1) is 8.13. The Hall–Kier alpha value is -2.09. The van der Waals surface area contributed by atoms with E-state index in [1.54, 1.807) is 19.2 Å². The lowest BCUT2D eigenvalue weighted by Crippen LogP contribution is -2.15. The molecule has 2 heterocycles. The summed E-state index contributed by atoms with van der Waals surface area (Å²) in [4.78, 5) is 3.84. The summed E-state index contributed by atoms with van der Waals surface area (Å²) in [5.74, 6) is 0. The summed E-state index contributed by atoms with van der Waals surface area (Å²) in [5.41, 5.74) is 0.661. The summed E-state index contributed by atoms with van der Waals surface area (Å²) >= 11 is 0. The van der Waals surface area contributed by atoms with Crippen LogP contribution in [0.15, 0.2) is 40.3 Å². The van der Waals surface area contributed by atoms with E-state index in [2.05, 4.69) is 24.7 Å². The van der Waals surface area contributed by atoms with Crippen molar-refractivity contribution in [2.24, 2.45) is 0 Å². The van der Waals surface area contributed by atoms with E-state index in [0.29, 0.717) is 5.69 Å². The normalized spacial score (nSPS) is 11.1. The number of pyridine rings is 1. The second-order valence-electron chi connectivity index (χ2n) is 3.12. The summed E-state index contributed by atoms with van der Waals surface area (Å²) in [5, 5.41) is 6.09. The number of anilines is 2. The highest BCUT2D eigenvalue weighted by atomic mass is 32.2. The van der Waals surface area contributed by atoms with Crippen LogP contribution in [0.1, 0.15) is 0 Å². The van der Waals surface area contributed by atoms with E-state index in [1.165, 1.54) is 18.7 Å². The molecule has 17 heavy (non-hydrogen) atoms. The molecule has 0 atom stereocenters. The van der Waals surface area contributed by atoms with Crippen LogP contribution in [0.2, 0.25) is 0 Å². The molecule has 2 N–H and O–H groups in total. The Morgan fingerprint density at radius 2 is 2.24 bits per heavy atom. The molecule has 2 aromatic rings. The zero-order valence-corrected chi connectivity index (χ0v) is 9.73. The molecule has 0 aliphatic carbocycles. The van der Waals surface area contributed by atoms with Crippen LogP contribution < -0.4 is 10.0 Å². The maximum Gasteiger partial charge on any atom is 0.281 e. The van der Waals surface area contributed by atoms with E-state index in [1.807, 2.05) is 0 Å². The third-order valence-corrected chi connectivity index (χ3v) is 3.32. The minimum Gasteiger partial charge on any atom is -0.386 e. The number of aromatic nitrogens is 2. The fourth-order valence-corrected chi connectivity index (χ4v) is 2.42. The van der Waals surface area contributed by atoms with Crippen molar-refractivity contribution < 1.29 is 12.9 Å². The van der Waals surface area contributed by atoms with Crippen molar-refractivity contribution >= 4 is 21.4 Å². The molecular weight excluding hydrogens is 244 g/mol. The van der Waals surface area contributed by atoms with Crippen LogP contribution in [-0.4, -0.2) is 25.6 Å². The predicted molar refractivity (Wildman–Crippen MR) is 61.1 cm³/mol. The Bertz CT molecular complexity index is 594. The molecule has 0 bridgehead atoms. The van der Waals surface area contributed by atoms with E-state index in [0.717, 1.165) is 0 Å². The van der Waals surface area contributed by atoms with Gasteiger partial charge in [-0.15, -0.1) is 0 Å². The second-order valence-corrected chi connectivity index (χ2v) is 4.72. The second kappa shape index (κ2) is 4.42. The first-order valence-corrected chi connectivity index (χ1v) is 6.17. The van der Waals surface area contributed by atoms with Gasteiger partial charge in [0.05, 0.1) is 11.9 Å². The molecule has 0 spiro atoms. The molecule has 0 aromatic carbocycles. The van der Waals surface area contributed by atoms with Crippen molar-refractivity contribution in [2.45, 2.75) is 5.03 Å². The Labute approximate surface area is 97.9 Å². The Morgan fingerprint density at radius 3 is 2.88 bits per heavy atom. The summed E-state index contributed by atoms with van der Waals surface area (Å²) in [7, 11) is -2.13. The fraction of sp³-hybridized carbons (Fsp3) is 0.111. The molecule has 0 aliphatic heterocycles. The van der Waals surface area contributed by atoms with E-state index >= 15 is 0 Å². The number of rotatable bonds is 4. The van der Waals surface area contributed by atoms with Crippen molar-refractivity contribution in [1.82, 2.24) is 10.1 Å². The standard InChI is InChI=1S/C9H10N4O3S/c1-10-8-3-2-4-11-9(8)17(14,15)13-7-5-12-16-6-7/h2-6,10,13H,1H3. The van der Waals surface area contributed by atoms with Crippen molar-refractivity contribution in [2.75, 3.05) is 17.1 Å². The first kappa shape index (κ1) is 11.4. The highest BCUT2D eigenvalue weighted by molar-refractivity contribution is 7.92. The van der Waals surface area contributed by atoms with Crippen molar-refractivity contribution in [3.05, 3.63) is 30.8 Å². The van der Waals surface area contributed by atoms with Crippen LogP contribution in [0.5, 0.6) is 0 Å². The van der Waals surface area contributed by atoms with Gasteiger partial charge in [0.15, 0.2) is 5.03 Å². The van der Waals surface area contributed by atoms with Gasteiger partial charge in [-0.05, 0) is 12.1 Å². The third kappa shape index (κ3) is 2.36. The molecule has 90 valence electrons. The Balaban J connectivity index is 2.38. The summed E-state index contributed by atoms with van der Waals surface area (Å²) in [6.45, 7) is 0. The molecule has 7 nitrogen and oxygen atoms in total. The summed E-state index contributed by atoms with van der Waals surface area (Å²) in [6.07, 6.45) is 3.86. The molecule has 0 amide bonds. The molecule has 0 saturated carbocycles. The van der Waals surface area contributed by atoms with Gasteiger partial charge in [0.1, 0.15) is 12.0 Å². The van der Waals surface area contributed by atoms with Gasteiger partial charge in [0.25, 0.3) is 10.0 Å². The molecule has 0 unspecified atom stereocenters. The van der Waals surface area contributed by atoms with Crippen molar-refractivity contribution in [3.8, 4) is 0 Å². The summed E-state index contributed by atoms with van der Waals surface area (Å²) in [6, 6.07) is 3.26. The van der Waals surface area contributed by atoms with Gasteiger partial charge in [-0.1, -0.05) is 5.16 Å². The van der Waals surface area contributed by atoms with Crippen LogP contribution in [-0.2, 0) is 10.0 Å². The molecule has 0 fully saturated rings. The zero-order chi connectivity index (χ0) is 12.3. The smallest absolute Gasteiger partial charge is 0.281 e. The molecule has 0 aliphatic rings. The average molecular weight is 254 g/mol. The van der Waals surface area contributed by atoms with Crippen LogP contribution in [0, 0.1) is 0 Å². The molecule has 8 heteroatoms. The van der Waals surface area contributed by atoms with Crippen molar-refractivity contribution in [3.63, 3.8) is 0 Å². The average Bonchev–Trinajstić information content (AvgIpc) is 2.81. The highest BCUT2D eigenvalue weighted by Crippen LogP contribution is 2.20. The van der Waals surface area contributed by atoms with Gasteiger partial charge in [-0.25, -0.2) is 4.98 Å². The third-order valence-electron chi connectivity index (χ3n) is 1.98. The molecule has 0 saturated heterocycles. The van der Waals surface area contributed by atoms with E-state index in [-0.39, 0.29) is 10.7 Å².